The van der Waals surface area contributed by atoms with Crippen molar-refractivity contribution in [1.82, 2.24) is 9.97 Å². The van der Waals surface area contributed by atoms with E-state index in [1.54, 1.807) is 0 Å². The minimum absolute atomic E-state index is 0. The SMILES string of the molecule is [Ir].[c-]1ccccc1-c1[c-]cc(CCc2cc(CCc3c[c-]c(-c4ccccn4)cc3)cc(CCc3c[c-]c(-c4ccccn4)cc3)c2)cc1. The molecular weight excluding hydrogens is 773 g/mol. The van der Waals surface area contributed by atoms with E-state index < -0.39 is 0 Å². The molecule has 0 saturated carbocycles. The zero-order valence-electron chi connectivity index (χ0n) is 27.3. The van der Waals surface area contributed by atoms with Crippen molar-refractivity contribution >= 4 is 0 Å². The largest absolute Gasteiger partial charge is 0.305 e. The van der Waals surface area contributed by atoms with E-state index in [1.165, 1.54) is 33.4 Å². The summed E-state index contributed by atoms with van der Waals surface area (Å²) in [6.07, 6.45) is 9.54. The Morgan fingerprint density at radius 1 is 0.367 bits per heavy atom. The van der Waals surface area contributed by atoms with Gasteiger partial charge in [-0.15, -0.1) is 82.4 Å². The van der Waals surface area contributed by atoms with E-state index in [-0.39, 0.29) is 20.1 Å². The van der Waals surface area contributed by atoms with Crippen LogP contribution in [0.25, 0.3) is 33.6 Å². The molecule has 0 aliphatic heterocycles. The molecule has 0 atom stereocenters. The van der Waals surface area contributed by atoms with Gasteiger partial charge in [0.2, 0.25) is 0 Å². The molecule has 0 fully saturated rings. The van der Waals surface area contributed by atoms with Gasteiger partial charge >= 0.3 is 0 Å². The van der Waals surface area contributed by atoms with Crippen molar-refractivity contribution in [3.63, 3.8) is 0 Å². The van der Waals surface area contributed by atoms with Crippen molar-refractivity contribution in [2.24, 2.45) is 0 Å². The Morgan fingerprint density at radius 3 is 1.14 bits per heavy atom. The van der Waals surface area contributed by atoms with Crippen LogP contribution in [-0.2, 0) is 58.6 Å². The van der Waals surface area contributed by atoms with E-state index in [0.717, 1.165) is 72.2 Å². The number of hydrogen-bond donors (Lipinski definition) is 0. The van der Waals surface area contributed by atoms with Crippen LogP contribution in [0.1, 0.15) is 33.4 Å². The van der Waals surface area contributed by atoms with Crippen LogP contribution in [0.3, 0.4) is 0 Å². The Morgan fingerprint density at radius 2 is 0.776 bits per heavy atom. The number of nitrogens with zero attached hydrogens (tertiary/aromatic N) is 2. The molecule has 243 valence electrons. The fourth-order valence-corrected chi connectivity index (χ4v) is 6.07. The summed E-state index contributed by atoms with van der Waals surface area (Å²) in [5.74, 6) is 0. The van der Waals surface area contributed by atoms with Crippen molar-refractivity contribution in [2.75, 3.05) is 0 Å². The zero-order chi connectivity index (χ0) is 32.4. The summed E-state index contributed by atoms with van der Waals surface area (Å²) in [6.45, 7) is 0. The van der Waals surface area contributed by atoms with E-state index in [1.807, 2.05) is 67.0 Å². The van der Waals surface area contributed by atoms with Crippen LogP contribution < -0.4 is 0 Å². The van der Waals surface area contributed by atoms with Crippen molar-refractivity contribution in [2.45, 2.75) is 38.5 Å². The molecule has 49 heavy (non-hydrogen) atoms. The van der Waals surface area contributed by atoms with E-state index in [0.29, 0.717) is 0 Å². The van der Waals surface area contributed by atoms with E-state index in [4.69, 9.17) is 0 Å². The van der Waals surface area contributed by atoms with Gasteiger partial charge in [0, 0.05) is 32.5 Å². The van der Waals surface area contributed by atoms with Crippen LogP contribution in [0.5, 0.6) is 0 Å². The summed E-state index contributed by atoms with van der Waals surface area (Å²) in [5, 5.41) is 0. The maximum absolute atomic E-state index is 4.47. The summed E-state index contributed by atoms with van der Waals surface area (Å²) >= 11 is 0. The first-order valence-electron chi connectivity index (χ1n) is 16.7. The number of pyridine rings is 2. The maximum Gasteiger partial charge on any atom is 0.0160 e. The van der Waals surface area contributed by atoms with Gasteiger partial charge in [-0.1, -0.05) is 61.7 Å². The fourth-order valence-electron chi connectivity index (χ4n) is 6.07. The van der Waals surface area contributed by atoms with Gasteiger partial charge < -0.3 is 9.97 Å². The van der Waals surface area contributed by atoms with Crippen LogP contribution >= 0.6 is 0 Å². The van der Waals surface area contributed by atoms with Gasteiger partial charge in [0.15, 0.2) is 0 Å². The third-order valence-corrected chi connectivity index (χ3v) is 8.73. The summed E-state index contributed by atoms with van der Waals surface area (Å²) in [4.78, 5) is 8.93. The molecule has 2 nitrogen and oxygen atoms in total. The third kappa shape index (κ3) is 9.36. The molecule has 2 heterocycles. The molecule has 0 N–H and O–H groups in total. The zero-order valence-corrected chi connectivity index (χ0v) is 29.7. The molecule has 7 aromatic rings. The van der Waals surface area contributed by atoms with Gasteiger partial charge in [0.25, 0.3) is 0 Å². The number of rotatable bonds is 12. The normalized spacial score (nSPS) is 10.8. The van der Waals surface area contributed by atoms with Crippen LogP contribution in [0.15, 0.2) is 146 Å². The first-order chi connectivity index (χ1) is 23.7. The minimum atomic E-state index is 0. The third-order valence-electron chi connectivity index (χ3n) is 8.73. The van der Waals surface area contributed by atoms with Gasteiger partial charge in [0.1, 0.15) is 0 Å². The fraction of sp³-hybridized carbons (Fsp3) is 0.130. The molecule has 2 aromatic heterocycles. The van der Waals surface area contributed by atoms with Gasteiger partial charge in [-0.25, -0.2) is 11.1 Å². The van der Waals surface area contributed by atoms with E-state index >= 15 is 0 Å². The second-order valence-electron chi connectivity index (χ2n) is 12.2. The average molecular weight is 809 g/mol. The molecule has 0 saturated heterocycles. The second kappa shape index (κ2) is 16.9. The predicted octanol–water partition coefficient (Wildman–Crippen LogP) is 10.0. The standard InChI is InChI=1S/C46H36N2.Ir/c1-2-8-41(9-3-1)42-24-18-35(19-25-42)12-15-38-32-39(16-13-36-20-26-43(27-21-36)45-10-4-6-30-47-45)34-40(33-38)17-14-37-22-28-44(29-23-37)46-11-5-7-31-48-46;/h1-8,10-11,18-24,26,28,30-34H,12-17H2;/q-4;. The molecule has 1 radical (unpaired) electrons. The predicted molar refractivity (Wildman–Crippen MR) is 195 cm³/mol. The molecule has 0 bridgehead atoms. The molecule has 0 amide bonds. The summed E-state index contributed by atoms with van der Waals surface area (Å²) < 4.78 is 0. The van der Waals surface area contributed by atoms with Crippen molar-refractivity contribution in [3.8, 4) is 33.6 Å². The molecule has 7 rings (SSSR count). The molecule has 3 heteroatoms. The number of hydrogen-bond acceptors (Lipinski definition) is 2. The van der Waals surface area contributed by atoms with E-state index in [2.05, 4.69) is 113 Å². The Bertz CT molecular complexity index is 1770. The summed E-state index contributed by atoms with van der Waals surface area (Å²) in [7, 11) is 0. The Hall–Kier alpha value is -4.95. The second-order valence-corrected chi connectivity index (χ2v) is 12.2. The summed E-state index contributed by atoms with van der Waals surface area (Å²) in [6, 6.07) is 60.4. The summed E-state index contributed by atoms with van der Waals surface area (Å²) in [5.41, 5.74) is 14.2. The quantitative estimate of drug-likeness (QED) is 0.115. The Labute approximate surface area is 304 Å². The number of aryl methyl sites for hydroxylation is 6. The van der Waals surface area contributed by atoms with Crippen LogP contribution in [-0.4, -0.2) is 9.97 Å². The van der Waals surface area contributed by atoms with E-state index in [9.17, 15) is 0 Å². The van der Waals surface area contributed by atoms with Crippen LogP contribution in [0, 0.1) is 24.3 Å². The monoisotopic (exact) mass is 809 g/mol. The average Bonchev–Trinajstić information content (AvgIpc) is 3.17. The molecule has 5 aromatic carbocycles. The number of benzene rings is 5. The molecule has 0 aliphatic rings. The van der Waals surface area contributed by atoms with Gasteiger partial charge in [-0.2, -0.15) is 48.5 Å². The molecule has 0 unspecified atom stereocenters. The van der Waals surface area contributed by atoms with Crippen molar-refractivity contribution in [3.05, 3.63) is 203 Å². The topological polar surface area (TPSA) is 25.8 Å². The molecular formula is C46H36IrN2-4. The minimum Gasteiger partial charge on any atom is -0.305 e. The van der Waals surface area contributed by atoms with Gasteiger partial charge in [-0.3, -0.25) is 0 Å². The van der Waals surface area contributed by atoms with Gasteiger partial charge in [-0.05, 0) is 59.5 Å². The molecule has 0 aliphatic carbocycles. The first-order valence-corrected chi connectivity index (χ1v) is 16.7. The van der Waals surface area contributed by atoms with Crippen molar-refractivity contribution in [1.29, 1.82) is 0 Å². The maximum atomic E-state index is 4.47. The molecule has 0 spiro atoms. The van der Waals surface area contributed by atoms with Crippen molar-refractivity contribution < 1.29 is 20.1 Å². The Balaban J connectivity index is 0.00000417. The smallest absolute Gasteiger partial charge is 0.0160 e. The Kier molecular flexibility index (Phi) is 11.7. The van der Waals surface area contributed by atoms with Crippen LogP contribution in [0.4, 0.5) is 0 Å². The van der Waals surface area contributed by atoms with Gasteiger partial charge in [0.05, 0.1) is 0 Å². The number of aromatic nitrogens is 2. The first kappa shape index (κ1) is 33.9. The van der Waals surface area contributed by atoms with Crippen LogP contribution in [0.2, 0.25) is 0 Å².